The summed E-state index contributed by atoms with van der Waals surface area (Å²) in [6.45, 7) is 3.02. The molecule has 0 amide bonds. The van der Waals surface area contributed by atoms with Crippen molar-refractivity contribution in [2.45, 2.75) is 19.4 Å². The van der Waals surface area contributed by atoms with Crippen molar-refractivity contribution in [1.82, 2.24) is 20.2 Å². The minimum absolute atomic E-state index is 0.289. The molecule has 0 atom stereocenters. The number of aromatic nitrogens is 4. The fourth-order valence-electron chi connectivity index (χ4n) is 1.21. The van der Waals surface area contributed by atoms with Crippen molar-refractivity contribution in [1.29, 1.82) is 0 Å². The molecule has 1 N–H and O–H groups in total. The maximum absolute atomic E-state index is 11.1. The number of tetrazole rings is 1. The molecule has 0 aliphatic carbocycles. The standard InChI is InChI=1S/C9H10N4O3/c1-9(2,8(14)15)13-7(10-11-12-13)6-4-3-5-16-6/h3-5H,1-2H3,(H,14,15). The summed E-state index contributed by atoms with van der Waals surface area (Å²) < 4.78 is 6.35. The second-order valence-corrected chi connectivity index (χ2v) is 3.76. The van der Waals surface area contributed by atoms with Gasteiger partial charge in [-0.1, -0.05) is 0 Å². The molecule has 0 spiro atoms. The molecule has 0 fully saturated rings. The number of aliphatic carboxylic acids is 1. The van der Waals surface area contributed by atoms with Crippen LogP contribution in [0.25, 0.3) is 11.6 Å². The summed E-state index contributed by atoms with van der Waals surface area (Å²) >= 11 is 0. The number of hydrogen-bond acceptors (Lipinski definition) is 5. The van der Waals surface area contributed by atoms with E-state index in [1.165, 1.54) is 24.8 Å². The average molecular weight is 222 g/mol. The van der Waals surface area contributed by atoms with Crippen LogP contribution in [0.5, 0.6) is 0 Å². The highest BCUT2D eigenvalue weighted by Gasteiger charge is 2.34. The van der Waals surface area contributed by atoms with E-state index in [4.69, 9.17) is 9.52 Å². The lowest BCUT2D eigenvalue weighted by Crippen LogP contribution is -2.37. The normalized spacial score (nSPS) is 11.6. The van der Waals surface area contributed by atoms with Gasteiger partial charge in [-0.05, 0) is 36.4 Å². The SMILES string of the molecule is CC(C)(C(=O)O)n1nnnc1-c1ccco1. The molecule has 0 radical (unpaired) electrons. The first-order valence-corrected chi connectivity index (χ1v) is 4.59. The molecule has 7 nitrogen and oxygen atoms in total. The summed E-state index contributed by atoms with van der Waals surface area (Å²) in [7, 11) is 0. The molecule has 0 aliphatic heterocycles. The first-order chi connectivity index (χ1) is 7.53. The van der Waals surface area contributed by atoms with Crippen molar-refractivity contribution in [2.24, 2.45) is 0 Å². The summed E-state index contributed by atoms with van der Waals surface area (Å²) in [5.74, 6) is -0.302. The van der Waals surface area contributed by atoms with Crippen molar-refractivity contribution < 1.29 is 14.3 Å². The van der Waals surface area contributed by atoms with Gasteiger partial charge < -0.3 is 9.52 Å². The van der Waals surface area contributed by atoms with E-state index in [9.17, 15) is 4.79 Å². The van der Waals surface area contributed by atoms with Gasteiger partial charge in [-0.3, -0.25) is 0 Å². The lowest BCUT2D eigenvalue weighted by atomic mass is 10.1. The molecule has 0 unspecified atom stereocenters. The van der Waals surface area contributed by atoms with Crippen LogP contribution in [0.15, 0.2) is 22.8 Å². The van der Waals surface area contributed by atoms with Crippen LogP contribution >= 0.6 is 0 Å². The molecule has 2 heterocycles. The Balaban J connectivity index is 2.52. The summed E-state index contributed by atoms with van der Waals surface area (Å²) in [4.78, 5) is 11.1. The third-order valence-corrected chi connectivity index (χ3v) is 2.26. The molecule has 0 saturated heterocycles. The summed E-state index contributed by atoms with van der Waals surface area (Å²) in [6.07, 6.45) is 1.47. The van der Waals surface area contributed by atoms with Gasteiger partial charge in [0.25, 0.3) is 0 Å². The second-order valence-electron chi connectivity index (χ2n) is 3.76. The largest absolute Gasteiger partial charge is 0.479 e. The first kappa shape index (κ1) is 10.3. The summed E-state index contributed by atoms with van der Waals surface area (Å²) in [5.41, 5.74) is -1.23. The third kappa shape index (κ3) is 1.46. The van der Waals surface area contributed by atoms with Crippen LogP contribution in [0, 0.1) is 0 Å². The zero-order valence-corrected chi connectivity index (χ0v) is 8.78. The van der Waals surface area contributed by atoms with E-state index < -0.39 is 11.5 Å². The van der Waals surface area contributed by atoms with E-state index in [0.29, 0.717) is 5.76 Å². The molecule has 16 heavy (non-hydrogen) atoms. The molecule has 0 saturated carbocycles. The third-order valence-electron chi connectivity index (χ3n) is 2.26. The monoisotopic (exact) mass is 222 g/mol. The van der Waals surface area contributed by atoms with Crippen molar-refractivity contribution in [3.63, 3.8) is 0 Å². The zero-order valence-electron chi connectivity index (χ0n) is 8.78. The van der Waals surface area contributed by atoms with Crippen LogP contribution in [0.4, 0.5) is 0 Å². The molecule has 0 aromatic carbocycles. The summed E-state index contributed by atoms with van der Waals surface area (Å²) in [5, 5.41) is 20.0. The van der Waals surface area contributed by atoms with Crippen LogP contribution in [-0.4, -0.2) is 31.3 Å². The zero-order chi connectivity index (χ0) is 11.8. The van der Waals surface area contributed by atoms with Crippen molar-refractivity contribution in [3.8, 4) is 11.6 Å². The molecule has 2 aromatic heterocycles. The first-order valence-electron chi connectivity index (χ1n) is 4.59. The van der Waals surface area contributed by atoms with Gasteiger partial charge in [-0.2, -0.15) is 0 Å². The van der Waals surface area contributed by atoms with Gasteiger partial charge in [0, 0.05) is 0 Å². The van der Waals surface area contributed by atoms with Crippen molar-refractivity contribution in [3.05, 3.63) is 18.4 Å². The lowest BCUT2D eigenvalue weighted by molar-refractivity contribution is -0.146. The van der Waals surface area contributed by atoms with Crippen LogP contribution in [0.3, 0.4) is 0 Å². The van der Waals surface area contributed by atoms with E-state index in [1.54, 1.807) is 12.1 Å². The predicted octanol–water partition coefficient (Wildman–Crippen LogP) is 0.753. The highest BCUT2D eigenvalue weighted by Crippen LogP contribution is 2.22. The van der Waals surface area contributed by atoms with E-state index in [0.717, 1.165) is 0 Å². The van der Waals surface area contributed by atoms with E-state index in [1.807, 2.05) is 0 Å². The minimum atomic E-state index is -1.23. The molecule has 0 aliphatic rings. The van der Waals surface area contributed by atoms with Gasteiger partial charge in [0.1, 0.15) is 0 Å². The lowest BCUT2D eigenvalue weighted by Gasteiger charge is -2.19. The Morgan fingerprint density at radius 2 is 2.31 bits per heavy atom. The molecular weight excluding hydrogens is 212 g/mol. The Labute approximate surface area is 90.7 Å². The Morgan fingerprint density at radius 3 is 2.88 bits per heavy atom. The molecule has 7 heteroatoms. The van der Waals surface area contributed by atoms with E-state index in [2.05, 4.69) is 15.5 Å². The number of rotatable bonds is 3. The molecule has 84 valence electrons. The van der Waals surface area contributed by atoms with Crippen molar-refractivity contribution in [2.75, 3.05) is 0 Å². The van der Waals surface area contributed by atoms with Crippen molar-refractivity contribution >= 4 is 5.97 Å². The second kappa shape index (κ2) is 3.44. The molecular formula is C9H10N4O3. The summed E-state index contributed by atoms with van der Waals surface area (Å²) in [6, 6.07) is 3.35. The number of hydrogen-bond donors (Lipinski definition) is 1. The Kier molecular flexibility index (Phi) is 2.22. The maximum Gasteiger partial charge on any atom is 0.331 e. The van der Waals surface area contributed by atoms with Gasteiger partial charge in [0.2, 0.25) is 5.82 Å². The fourth-order valence-corrected chi connectivity index (χ4v) is 1.21. The van der Waals surface area contributed by atoms with Crippen LogP contribution in [0.1, 0.15) is 13.8 Å². The Hall–Kier alpha value is -2.18. The average Bonchev–Trinajstić information content (AvgIpc) is 2.88. The van der Waals surface area contributed by atoms with Gasteiger partial charge in [0.05, 0.1) is 6.26 Å². The quantitative estimate of drug-likeness (QED) is 0.823. The smallest absolute Gasteiger partial charge is 0.331 e. The number of carboxylic acids is 1. The van der Waals surface area contributed by atoms with Crippen LogP contribution in [-0.2, 0) is 10.3 Å². The Morgan fingerprint density at radius 1 is 1.56 bits per heavy atom. The van der Waals surface area contributed by atoms with Crippen LogP contribution < -0.4 is 0 Å². The molecule has 2 rings (SSSR count). The fraction of sp³-hybridized carbons (Fsp3) is 0.333. The Bertz CT molecular complexity index is 501. The highest BCUT2D eigenvalue weighted by atomic mass is 16.4. The number of carbonyl (C=O) groups is 1. The molecule has 0 bridgehead atoms. The predicted molar refractivity (Wildman–Crippen MR) is 52.5 cm³/mol. The topological polar surface area (TPSA) is 94.0 Å². The van der Waals surface area contributed by atoms with Crippen LogP contribution in [0.2, 0.25) is 0 Å². The van der Waals surface area contributed by atoms with E-state index >= 15 is 0 Å². The number of carboxylic acid groups (broad SMARTS) is 1. The van der Waals surface area contributed by atoms with E-state index in [-0.39, 0.29) is 5.82 Å². The molecule has 2 aromatic rings. The highest BCUT2D eigenvalue weighted by molar-refractivity contribution is 5.76. The van der Waals surface area contributed by atoms with Gasteiger partial charge in [-0.25, -0.2) is 9.48 Å². The maximum atomic E-state index is 11.1. The van der Waals surface area contributed by atoms with Gasteiger partial charge in [0.15, 0.2) is 11.3 Å². The van der Waals surface area contributed by atoms with Gasteiger partial charge in [-0.15, -0.1) is 5.10 Å². The number of furan rings is 1. The number of nitrogens with zero attached hydrogens (tertiary/aromatic N) is 4. The minimum Gasteiger partial charge on any atom is -0.479 e. The van der Waals surface area contributed by atoms with Gasteiger partial charge >= 0.3 is 5.97 Å².